The number of rotatable bonds is 9. The van der Waals surface area contributed by atoms with Crippen molar-refractivity contribution in [3.05, 3.63) is 0 Å². The quantitative estimate of drug-likeness (QED) is 0.640. The van der Waals surface area contributed by atoms with Crippen molar-refractivity contribution in [2.45, 2.75) is 51.5 Å². The number of methoxy groups -OCH3 is 1. The van der Waals surface area contributed by atoms with Crippen LogP contribution in [0, 0.1) is 5.92 Å². The number of halogens is 1. The van der Waals surface area contributed by atoms with Gasteiger partial charge in [-0.1, -0.05) is 26.2 Å². The van der Waals surface area contributed by atoms with Crippen molar-refractivity contribution in [2.24, 2.45) is 5.92 Å². The van der Waals surface area contributed by atoms with Crippen LogP contribution in [-0.2, 0) is 9.53 Å². The molecule has 4 nitrogen and oxygen atoms in total. The number of hydrogen-bond acceptors (Lipinski definition) is 3. The smallest absolute Gasteiger partial charge is 0.234 e. The van der Waals surface area contributed by atoms with Crippen molar-refractivity contribution in [1.82, 2.24) is 10.6 Å². The summed E-state index contributed by atoms with van der Waals surface area (Å²) in [4.78, 5) is 11.8. The molecule has 0 spiro atoms. The zero-order chi connectivity index (χ0) is 13.2. The molecular weight excluding hydrogens is 264 g/mol. The molecule has 0 aromatic carbocycles. The van der Waals surface area contributed by atoms with E-state index in [4.69, 9.17) is 4.74 Å². The number of unbranched alkanes of at least 4 members (excludes halogenated alkanes) is 1. The van der Waals surface area contributed by atoms with Crippen molar-refractivity contribution in [2.75, 3.05) is 26.8 Å². The zero-order valence-corrected chi connectivity index (χ0v) is 13.1. The van der Waals surface area contributed by atoms with E-state index in [1.54, 1.807) is 7.11 Å². The summed E-state index contributed by atoms with van der Waals surface area (Å²) in [5.41, 5.74) is 0. The summed E-state index contributed by atoms with van der Waals surface area (Å²) in [6, 6.07) is 0.410. The van der Waals surface area contributed by atoms with Crippen LogP contribution in [0.4, 0.5) is 0 Å². The third-order valence-corrected chi connectivity index (χ3v) is 3.70. The van der Waals surface area contributed by atoms with Crippen LogP contribution in [0.15, 0.2) is 0 Å². The Balaban J connectivity index is 0.00000324. The first-order chi connectivity index (χ1) is 8.77. The van der Waals surface area contributed by atoms with Gasteiger partial charge in [-0.25, -0.2) is 0 Å². The fourth-order valence-electron chi connectivity index (χ4n) is 2.67. The van der Waals surface area contributed by atoms with Gasteiger partial charge in [-0.3, -0.25) is 4.79 Å². The molecule has 5 heteroatoms. The molecule has 1 amide bonds. The lowest BCUT2D eigenvalue weighted by Crippen LogP contribution is -2.42. The van der Waals surface area contributed by atoms with Gasteiger partial charge in [0.15, 0.2) is 0 Å². The van der Waals surface area contributed by atoms with E-state index in [9.17, 15) is 4.79 Å². The molecule has 0 heterocycles. The molecule has 2 unspecified atom stereocenters. The summed E-state index contributed by atoms with van der Waals surface area (Å²) < 4.78 is 4.92. The van der Waals surface area contributed by atoms with E-state index >= 15 is 0 Å². The summed E-state index contributed by atoms with van der Waals surface area (Å²) in [5.74, 6) is 0.826. The van der Waals surface area contributed by atoms with Crippen molar-refractivity contribution >= 4 is 18.3 Å². The largest absolute Gasteiger partial charge is 0.383 e. The summed E-state index contributed by atoms with van der Waals surface area (Å²) in [6.45, 7) is 4.01. The monoisotopic (exact) mass is 292 g/mol. The molecule has 2 atom stereocenters. The molecule has 0 aromatic heterocycles. The Morgan fingerprint density at radius 1 is 1.37 bits per heavy atom. The summed E-state index contributed by atoms with van der Waals surface area (Å²) in [6.07, 6.45) is 7.48. The minimum atomic E-state index is 0. The minimum absolute atomic E-state index is 0. The zero-order valence-electron chi connectivity index (χ0n) is 12.2. The highest BCUT2D eigenvalue weighted by Crippen LogP contribution is 2.29. The topological polar surface area (TPSA) is 50.4 Å². The van der Waals surface area contributed by atoms with Gasteiger partial charge in [0.2, 0.25) is 5.91 Å². The fraction of sp³-hybridized carbons (Fsp3) is 0.929. The highest BCUT2D eigenvalue weighted by atomic mass is 35.5. The first-order valence-corrected chi connectivity index (χ1v) is 7.27. The van der Waals surface area contributed by atoms with E-state index in [-0.39, 0.29) is 18.3 Å². The molecule has 2 N–H and O–H groups in total. The lowest BCUT2D eigenvalue weighted by molar-refractivity contribution is -0.121. The van der Waals surface area contributed by atoms with E-state index in [0.29, 0.717) is 25.1 Å². The normalized spacial score (nSPS) is 22.0. The average molecular weight is 293 g/mol. The lowest BCUT2D eigenvalue weighted by Gasteiger charge is -2.21. The van der Waals surface area contributed by atoms with E-state index in [2.05, 4.69) is 17.6 Å². The van der Waals surface area contributed by atoms with Crippen LogP contribution in [0.25, 0.3) is 0 Å². The van der Waals surface area contributed by atoms with E-state index in [0.717, 1.165) is 13.0 Å². The van der Waals surface area contributed by atoms with Gasteiger partial charge in [-0.05, 0) is 25.2 Å². The SMILES string of the molecule is CCCCC1CCCC1NC(=O)CNCCOC.Cl. The maximum atomic E-state index is 11.8. The second kappa shape index (κ2) is 11.5. The number of nitrogens with one attached hydrogen (secondary N) is 2. The highest BCUT2D eigenvalue weighted by molar-refractivity contribution is 5.85. The standard InChI is InChI=1S/C14H28N2O2.ClH/c1-3-4-6-12-7-5-8-13(12)16-14(17)11-15-9-10-18-2;/h12-13,15H,3-11H2,1-2H3,(H,16,17);1H. The molecule has 0 saturated heterocycles. The Labute approximate surface area is 123 Å². The molecule has 1 rings (SSSR count). The number of carbonyl (C=O) groups is 1. The summed E-state index contributed by atoms with van der Waals surface area (Å²) >= 11 is 0. The first kappa shape index (κ1) is 18.7. The van der Waals surface area contributed by atoms with Crippen LogP contribution >= 0.6 is 12.4 Å². The molecule has 0 bridgehead atoms. The molecule has 1 aliphatic rings. The molecular formula is C14H29ClN2O2. The maximum Gasteiger partial charge on any atom is 0.234 e. The van der Waals surface area contributed by atoms with Gasteiger partial charge >= 0.3 is 0 Å². The van der Waals surface area contributed by atoms with Crippen LogP contribution in [0.2, 0.25) is 0 Å². The first-order valence-electron chi connectivity index (χ1n) is 7.27. The Morgan fingerprint density at radius 3 is 2.84 bits per heavy atom. The van der Waals surface area contributed by atoms with Crippen molar-refractivity contribution in [1.29, 1.82) is 0 Å². The fourth-order valence-corrected chi connectivity index (χ4v) is 2.67. The predicted octanol–water partition coefficient (Wildman–Crippen LogP) is 2.12. The Morgan fingerprint density at radius 2 is 2.16 bits per heavy atom. The van der Waals surface area contributed by atoms with Crippen molar-refractivity contribution < 1.29 is 9.53 Å². The van der Waals surface area contributed by atoms with Gasteiger partial charge in [-0.2, -0.15) is 0 Å². The summed E-state index contributed by atoms with van der Waals surface area (Å²) in [7, 11) is 1.67. The number of amides is 1. The van der Waals surface area contributed by atoms with Gasteiger partial charge in [0.25, 0.3) is 0 Å². The molecule has 0 aromatic rings. The lowest BCUT2D eigenvalue weighted by atomic mass is 9.97. The van der Waals surface area contributed by atoms with Gasteiger partial charge in [0.05, 0.1) is 13.2 Å². The second-order valence-electron chi connectivity index (χ2n) is 5.18. The average Bonchev–Trinajstić information content (AvgIpc) is 2.79. The van der Waals surface area contributed by atoms with Gasteiger partial charge in [0.1, 0.15) is 0 Å². The molecule has 114 valence electrons. The van der Waals surface area contributed by atoms with Crippen molar-refractivity contribution in [3.63, 3.8) is 0 Å². The van der Waals surface area contributed by atoms with Crippen LogP contribution in [0.1, 0.15) is 45.4 Å². The number of hydrogen-bond donors (Lipinski definition) is 2. The number of ether oxygens (including phenoxy) is 1. The highest BCUT2D eigenvalue weighted by Gasteiger charge is 2.27. The van der Waals surface area contributed by atoms with E-state index in [1.807, 2.05) is 0 Å². The molecule has 1 aliphatic carbocycles. The van der Waals surface area contributed by atoms with Crippen LogP contribution < -0.4 is 10.6 Å². The number of carbonyl (C=O) groups excluding carboxylic acids is 1. The Kier molecular flexibility index (Phi) is 11.3. The Hall–Kier alpha value is -0.320. The van der Waals surface area contributed by atoms with Gasteiger partial charge < -0.3 is 15.4 Å². The Bertz CT molecular complexity index is 239. The predicted molar refractivity (Wildman–Crippen MR) is 80.8 cm³/mol. The molecule has 0 radical (unpaired) electrons. The maximum absolute atomic E-state index is 11.8. The van der Waals surface area contributed by atoms with Crippen LogP contribution in [0.3, 0.4) is 0 Å². The minimum Gasteiger partial charge on any atom is -0.383 e. The molecule has 0 aliphatic heterocycles. The van der Waals surface area contributed by atoms with E-state index in [1.165, 1.54) is 32.1 Å². The second-order valence-corrected chi connectivity index (χ2v) is 5.18. The van der Waals surface area contributed by atoms with Crippen molar-refractivity contribution in [3.8, 4) is 0 Å². The summed E-state index contributed by atoms with van der Waals surface area (Å²) in [5, 5.41) is 6.25. The van der Waals surface area contributed by atoms with E-state index < -0.39 is 0 Å². The third-order valence-electron chi connectivity index (χ3n) is 3.70. The molecule has 19 heavy (non-hydrogen) atoms. The van der Waals surface area contributed by atoms with Gasteiger partial charge in [0, 0.05) is 19.7 Å². The molecule has 1 fully saturated rings. The van der Waals surface area contributed by atoms with Crippen LogP contribution in [0.5, 0.6) is 0 Å². The third kappa shape index (κ3) is 7.75. The molecule has 1 saturated carbocycles. The van der Waals surface area contributed by atoms with Crippen LogP contribution in [-0.4, -0.2) is 38.8 Å². The van der Waals surface area contributed by atoms with Gasteiger partial charge in [-0.15, -0.1) is 12.4 Å².